The third kappa shape index (κ3) is 4.19. The van der Waals surface area contributed by atoms with Crippen molar-refractivity contribution >= 4 is 51.7 Å². The molecule has 2 aliphatic rings. The zero-order valence-corrected chi connectivity index (χ0v) is 18.0. The minimum absolute atomic E-state index is 0.0420. The maximum Gasteiger partial charge on any atom is 0.352 e. The maximum absolute atomic E-state index is 12.7. The highest BCUT2D eigenvalue weighted by atomic mass is 32.2. The van der Waals surface area contributed by atoms with Crippen molar-refractivity contribution in [1.82, 2.24) is 15.2 Å². The Morgan fingerprint density at radius 3 is 2.90 bits per heavy atom. The molecule has 0 spiro atoms. The van der Waals surface area contributed by atoms with Crippen molar-refractivity contribution in [2.24, 2.45) is 5.16 Å². The van der Waals surface area contributed by atoms with Crippen molar-refractivity contribution in [2.45, 2.75) is 31.2 Å². The first-order valence-corrected chi connectivity index (χ1v) is 11.0. The van der Waals surface area contributed by atoms with E-state index in [0.29, 0.717) is 11.3 Å². The van der Waals surface area contributed by atoms with Crippen LogP contribution in [0.5, 0.6) is 0 Å². The second-order valence-electron chi connectivity index (χ2n) is 6.42. The molecule has 3 heterocycles. The molecule has 0 aliphatic carbocycles. The Balaban J connectivity index is 1.78. The molecule has 0 radical (unpaired) electrons. The quantitative estimate of drug-likeness (QED) is 0.303. The van der Waals surface area contributed by atoms with Gasteiger partial charge in [0.2, 0.25) is 0 Å². The van der Waals surface area contributed by atoms with Crippen molar-refractivity contribution in [3.8, 4) is 0 Å². The van der Waals surface area contributed by atoms with Gasteiger partial charge in [-0.3, -0.25) is 14.5 Å². The van der Waals surface area contributed by atoms with Crippen molar-refractivity contribution in [2.75, 3.05) is 18.6 Å². The summed E-state index contributed by atoms with van der Waals surface area (Å²) in [6, 6.07) is -0.879. The number of anilines is 1. The van der Waals surface area contributed by atoms with E-state index in [1.165, 1.54) is 23.8 Å². The minimum atomic E-state index is -1.17. The summed E-state index contributed by atoms with van der Waals surface area (Å²) in [4.78, 5) is 47.2. The molecule has 0 aromatic carbocycles. The molecule has 10 nitrogen and oxygen atoms in total. The van der Waals surface area contributed by atoms with Crippen molar-refractivity contribution < 1.29 is 24.3 Å². The number of thiazole rings is 1. The number of carboxylic acids is 1. The molecular formula is C18H21N5O5S2. The molecule has 1 aromatic heterocycles. The predicted octanol–water partition coefficient (Wildman–Crippen LogP) is 1.17. The van der Waals surface area contributed by atoms with Crippen LogP contribution < -0.4 is 11.1 Å². The second kappa shape index (κ2) is 9.30. The summed E-state index contributed by atoms with van der Waals surface area (Å²) in [5.74, 6) is -1.90. The van der Waals surface area contributed by atoms with E-state index in [1.54, 1.807) is 11.5 Å². The number of carboxylic acid groups (broad SMARTS) is 1. The first kappa shape index (κ1) is 21.8. The van der Waals surface area contributed by atoms with Crippen LogP contribution in [0.15, 0.2) is 34.0 Å². The van der Waals surface area contributed by atoms with Gasteiger partial charge in [0.25, 0.3) is 11.8 Å². The van der Waals surface area contributed by atoms with Crippen molar-refractivity contribution in [3.05, 3.63) is 34.5 Å². The number of aliphatic carboxylic acids is 1. The summed E-state index contributed by atoms with van der Waals surface area (Å²) < 4.78 is 0. The maximum atomic E-state index is 12.7. The van der Waals surface area contributed by atoms with Crippen molar-refractivity contribution in [3.63, 3.8) is 0 Å². The first-order valence-electron chi connectivity index (χ1n) is 9.10. The number of nitrogens with zero attached hydrogens (tertiary/aromatic N) is 3. The Bertz CT molecular complexity index is 955. The molecule has 0 saturated carbocycles. The Morgan fingerprint density at radius 2 is 2.30 bits per heavy atom. The number of nitrogen functional groups attached to an aromatic ring is 1. The topological polar surface area (TPSA) is 147 Å². The Labute approximate surface area is 180 Å². The van der Waals surface area contributed by atoms with Gasteiger partial charge < -0.3 is 21.0 Å². The van der Waals surface area contributed by atoms with E-state index in [2.05, 4.69) is 15.5 Å². The highest BCUT2D eigenvalue weighted by molar-refractivity contribution is 8.00. The monoisotopic (exact) mass is 451 g/mol. The van der Waals surface area contributed by atoms with Crippen molar-refractivity contribution in [1.29, 1.82) is 0 Å². The third-order valence-electron chi connectivity index (χ3n) is 4.42. The van der Waals surface area contributed by atoms with Gasteiger partial charge in [0, 0.05) is 11.1 Å². The lowest BCUT2D eigenvalue weighted by atomic mass is 10.0. The average Bonchev–Trinajstić information content (AvgIpc) is 3.15. The fourth-order valence-electron chi connectivity index (χ4n) is 3.07. The molecule has 160 valence electrons. The number of carbonyl (C=O) groups is 3. The predicted molar refractivity (Wildman–Crippen MR) is 114 cm³/mol. The van der Waals surface area contributed by atoms with E-state index in [1.807, 2.05) is 13.0 Å². The molecule has 4 N–H and O–H groups in total. The van der Waals surface area contributed by atoms with Crippen LogP contribution in [0.4, 0.5) is 5.13 Å². The molecule has 2 aliphatic heterocycles. The van der Waals surface area contributed by atoms with Gasteiger partial charge in [-0.15, -0.1) is 23.1 Å². The van der Waals surface area contributed by atoms with Crippen LogP contribution in [0.3, 0.4) is 0 Å². The summed E-state index contributed by atoms with van der Waals surface area (Å²) in [6.07, 6.45) is 5.41. The normalized spacial score (nSPS) is 21.5. The van der Waals surface area contributed by atoms with Gasteiger partial charge in [0.05, 0.1) is 0 Å². The van der Waals surface area contributed by atoms with Gasteiger partial charge in [-0.1, -0.05) is 30.7 Å². The van der Waals surface area contributed by atoms with E-state index in [4.69, 9.17) is 10.6 Å². The lowest BCUT2D eigenvalue weighted by Gasteiger charge is -2.49. The molecule has 0 bridgehead atoms. The smallest absolute Gasteiger partial charge is 0.352 e. The number of carbonyl (C=O) groups excluding carboxylic acids is 2. The van der Waals surface area contributed by atoms with E-state index < -0.39 is 29.2 Å². The molecule has 12 heteroatoms. The summed E-state index contributed by atoms with van der Waals surface area (Å²) in [7, 11) is 1.29. The lowest BCUT2D eigenvalue weighted by Crippen LogP contribution is -2.71. The molecule has 2 atom stereocenters. The van der Waals surface area contributed by atoms with Crippen LogP contribution in [0.1, 0.15) is 25.5 Å². The largest absolute Gasteiger partial charge is 0.477 e. The number of thioether (sulfide) groups is 1. The Kier molecular flexibility index (Phi) is 6.77. The number of fused-ring (bicyclic) bond motifs is 1. The number of allylic oxidation sites excluding steroid dienone is 2. The van der Waals surface area contributed by atoms with Crippen LogP contribution in [-0.4, -0.2) is 62.8 Å². The standard InChI is InChI=1S/C18H21N5O5S2/c1-3-4-5-6-9-7-29-16-12(15(25)23(16)13(9)17(26)27)21-14(24)11(22-28-2)10-8-30-18(19)20-10/h5-6,8,12,16H,3-4,7H2,1-2H3,(H2,19,20)(H,21,24)(H,26,27)/b6-5+,22-11-/t12-,16+/m1/s1. The summed E-state index contributed by atoms with van der Waals surface area (Å²) >= 11 is 2.53. The molecule has 30 heavy (non-hydrogen) atoms. The fraction of sp³-hybridized carbons (Fsp3) is 0.389. The first-order chi connectivity index (χ1) is 14.4. The van der Waals surface area contributed by atoms with Crippen LogP contribution in [-0.2, 0) is 19.2 Å². The summed E-state index contributed by atoms with van der Waals surface area (Å²) in [5, 5.41) is 17.3. The minimum Gasteiger partial charge on any atom is -0.477 e. The van der Waals surface area contributed by atoms with Crippen LogP contribution in [0, 0.1) is 0 Å². The highest BCUT2D eigenvalue weighted by Gasteiger charge is 2.54. The molecule has 0 unspecified atom stereocenters. The van der Waals surface area contributed by atoms with Gasteiger partial charge in [-0.2, -0.15) is 0 Å². The fourth-order valence-corrected chi connectivity index (χ4v) is 4.93. The SMILES string of the molecule is CCC/C=C/C1=C(C(=O)O)N2C(=O)[C@@H](NC(=O)/C(=N\OC)c3csc(N)n3)[C@@H]2SC1. The number of aromatic nitrogens is 1. The Morgan fingerprint density at radius 1 is 1.53 bits per heavy atom. The van der Waals surface area contributed by atoms with Crippen LogP contribution in [0.2, 0.25) is 0 Å². The van der Waals surface area contributed by atoms with Gasteiger partial charge in [0.15, 0.2) is 10.8 Å². The number of β-lactam (4-membered cyclic amide) rings is 1. The average molecular weight is 452 g/mol. The van der Waals surface area contributed by atoms with Gasteiger partial charge in [-0.25, -0.2) is 9.78 Å². The van der Waals surface area contributed by atoms with Gasteiger partial charge >= 0.3 is 5.97 Å². The van der Waals surface area contributed by atoms with E-state index >= 15 is 0 Å². The molecular weight excluding hydrogens is 430 g/mol. The molecule has 2 amide bonds. The number of hydrogen-bond acceptors (Lipinski definition) is 9. The number of nitrogens with one attached hydrogen (secondary N) is 1. The number of unbranched alkanes of at least 4 members (excludes halogenated alkanes) is 1. The zero-order valence-electron chi connectivity index (χ0n) is 16.3. The van der Waals surface area contributed by atoms with Gasteiger partial charge in [0.1, 0.15) is 29.9 Å². The summed E-state index contributed by atoms with van der Waals surface area (Å²) in [5.41, 5.74) is 6.26. The van der Waals surface area contributed by atoms with E-state index in [9.17, 15) is 19.5 Å². The number of hydrogen-bond donors (Lipinski definition) is 3. The molecule has 1 saturated heterocycles. The zero-order chi connectivity index (χ0) is 21.8. The number of amides is 2. The molecule has 1 fully saturated rings. The van der Waals surface area contributed by atoms with Crippen LogP contribution >= 0.6 is 23.1 Å². The van der Waals surface area contributed by atoms with Crippen LogP contribution in [0.25, 0.3) is 0 Å². The number of oxime groups is 1. The van der Waals surface area contributed by atoms with E-state index in [-0.39, 0.29) is 22.2 Å². The molecule has 1 aromatic rings. The second-order valence-corrected chi connectivity index (χ2v) is 8.42. The highest BCUT2D eigenvalue weighted by Crippen LogP contribution is 2.40. The van der Waals surface area contributed by atoms with Gasteiger partial charge in [-0.05, 0) is 12.0 Å². The summed E-state index contributed by atoms with van der Waals surface area (Å²) in [6.45, 7) is 2.02. The number of nitrogens with two attached hydrogens (primary N) is 1. The Hall–Kier alpha value is -2.86. The van der Waals surface area contributed by atoms with E-state index in [0.717, 1.165) is 24.2 Å². The molecule has 3 rings (SSSR count). The third-order valence-corrected chi connectivity index (χ3v) is 6.40. The lowest BCUT2D eigenvalue weighted by molar-refractivity contribution is -0.150. The number of rotatable bonds is 8.